The highest BCUT2D eigenvalue weighted by Gasteiger charge is 2.08. The van der Waals surface area contributed by atoms with Gasteiger partial charge < -0.3 is 9.15 Å². The lowest BCUT2D eigenvalue weighted by Gasteiger charge is -2.04. The zero-order valence-corrected chi connectivity index (χ0v) is 16.5. The number of carbonyl (C=O) groups excluding carboxylic acids is 1. The molecule has 0 radical (unpaired) electrons. The number of non-ortho nitro benzene ring substituents is 1. The number of nitro groups is 1. The Morgan fingerprint density at radius 1 is 1.14 bits per heavy atom. The van der Waals surface area contributed by atoms with Gasteiger partial charge in [0.15, 0.2) is 6.61 Å². The Balaban J connectivity index is 1.51. The molecule has 8 nitrogen and oxygen atoms in total. The first-order chi connectivity index (χ1) is 13.5. The number of carbonyl (C=O) groups is 1. The van der Waals surface area contributed by atoms with Crippen molar-refractivity contribution in [1.29, 1.82) is 0 Å². The van der Waals surface area contributed by atoms with Gasteiger partial charge in [-0.3, -0.25) is 14.9 Å². The van der Waals surface area contributed by atoms with Crippen molar-refractivity contribution in [2.24, 2.45) is 5.10 Å². The predicted octanol–water partition coefficient (Wildman–Crippen LogP) is 3.99. The SMILES string of the molecule is O=C(COc1ccc(I)cc1)N/N=C/c1ccc(-c2ccc([N+](=O)[O-])cc2)o1. The molecule has 28 heavy (non-hydrogen) atoms. The van der Waals surface area contributed by atoms with Crippen LogP contribution in [0.15, 0.2) is 70.2 Å². The Morgan fingerprint density at radius 2 is 1.86 bits per heavy atom. The zero-order valence-electron chi connectivity index (χ0n) is 14.4. The first kappa shape index (κ1) is 19.5. The number of ether oxygens (including phenoxy) is 1. The lowest BCUT2D eigenvalue weighted by molar-refractivity contribution is -0.384. The molecule has 0 aliphatic heterocycles. The number of amides is 1. The summed E-state index contributed by atoms with van der Waals surface area (Å²) in [6.45, 7) is -0.163. The van der Waals surface area contributed by atoms with Crippen molar-refractivity contribution in [3.8, 4) is 17.1 Å². The Morgan fingerprint density at radius 3 is 2.54 bits per heavy atom. The van der Waals surface area contributed by atoms with E-state index in [4.69, 9.17) is 9.15 Å². The minimum Gasteiger partial charge on any atom is -0.484 e. The van der Waals surface area contributed by atoms with Gasteiger partial charge in [0, 0.05) is 21.3 Å². The normalized spacial score (nSPS) is 10.8. The molecule has 1 heterocycles. The van der Waals surface area contributed by atoms with E-state index in [0.717, 1.165) is 3.57 Å². The van der Waals surface area contributed by atoms with E-state index in [2.05, 4.69) is 33.1 Å². The lowest BCUT2D eigenvalue weighted by Crippen LogP contribution is -2.24. The van der Waals surface area contributed by atoms with Crippen LogP contribution in [0, 0.1) is 13.7 Å². The molecule has 1 aromatic heterocycles. The van der Waals surface area contributed by atoms with Crippen LogP contribution in [0.4, 0.5) is 5.69 Å². The average Bonchev–Trinajstić information content (AvgIpc) is 3.16. The van der Waals surface area contributed by atoms with Gasteiger partial charge in [-0.15, -0.1) is 0 Å². The number of hydrogen-bond acceptors (Lipinski definition) is 6. The smallest absolute Gasteiger partial charge is 0.277 e. The van der Waals surface area contributed by atoms with Crippen LogP contribution in [0.1, 0.15) is 5.76 Å². The van der Waals surface area contributed by atoms with E-state index >= 15 is 0 Å². The van der Waals surface area contributed by atoms with Crippen LogP contribution in [0.5, 0.6) is 5.75 Å². The summed E-state index contributed by atoms with van der Waals surface area (Å²) in [5.41, 5.74) is 3.05. The Bertz CT molecular complexity index is 997. The van der Waals surface area contributed by atoms with Gasteiger partial charge in [-0.05, 0) is 71.1 Å². The maximum Gasteiger partial charge on any atom is 0.277 e. The summed E-state index contributed by atoms with van der Waals surface area (Å²) in [6, 6.07) is 16.7. The van der Waals surface area contributed by atoms with Crippen molar-refractivity contribution in [3.05, 3.63) is 80.1 Å². The molecule has 0 aliphatic carbocycles. The average molecular weight is 491 g/mol. The standard InChI is InChI=1S/C19H14IN3O5/c20-14-3-7-16(8-4-14)27-12-19(24)22-21-11-17-9-10-18(28-17)13-1-5-15(6-2-13)23(25)26/h1-11H,12H2,(H,22,24)/b21-11+. The van der Waals surface area contributed by atoms with Crippen LogP contribution in [0.25, 0.3) is 11.3 Å². The summed E-state index contributed by atoms with van der Waals surface area (Å²) in [5, 5.41) is 14.5. The summed E-state index contributed by atoms with van der Waals surface area (Å²) < 4.78 is 12.0. The number of furan rings is 1. The minimum atomic E-state index is -0.463. The molecular weight excluding hydrogens is 477 g/mol. The van der Waals surface area contributed by atoms with Crippen molar-refractivity contribution >= 4 is 40.4 Å². The number of hydrazone groups is 1. The van der Waals surface area contributed by atoms with Gasteiger partial charge in [0.25, 0.3) is 11.6 Å². The predicted molar refractivity (Wildman–Crippen MR) is 111 cm³/mol. The third-order valence-electron chi connectivity index (χ3n) is 3.55. The largest absolute Gasteiger partial charge is 0.484 e. The molecule has 0 spiro atoms. The van der Waals surface area contributed by atoms with E-state index in [9.17, 15) is 14.9 Å². The highest BCUT2D eigenvalue weighted by atomic mass is 127. The van der Waals surface area contributed by atoms with Crippen molar-refractivity contribution in [3.63, 3.8) is 0 Å². The van der Waals surface area contributed by atoms with Crippen LogP contribution in [0.2, 0.25) is 0 Å². The highest BCUT2D eigenvalue weighted by Crippen LogP contribution is 2.24. The first-order valence-corrected chi connectivity index (χ1v) is 9.14. The van der Waals surface area contributed by atoms with Crippen molar-refractivity contribution in [2.45, 2.75) is 0 Å². The van der Waals surface area contributed by atoms with Gasteiger partial charge in [-0.2, -0.15) is 5.10 Å². The van der Waals surface area contributed by atoms with Crippen LogP contribution in [-0.2, 0) is 4.79 Å². The first-order valence-electron chi connectivity index (χ1n) is 8.06. The summed E-state index contributed by atoms with van der Waals surface area (Å²) in [6.07, 6.45) is 1.36. The Hall–Kier alpha value is -3.21. The number of rotatable bonds is 7. The second-order valence-corrected chi connectivity index (χ2v) is 6.79. The molecule has 0 saturated carbocycles. The fourth-order valence-electron chi connectivity index (χ4n) is 2.20. The van der Waals surface area contributed by atoms with Crippen LogP contribution in [0.3, 0.4) is 0 Å². The third kappa shape index (κ3) is 5.39. The number of benzene rings is 2. The fraction of sp³-hybridized carbons (Fsp3) is 0.0526. The molecule has 2 aromatic carbocycles. The molecule has 0 atom stereocenters. The second-order valence-electron chi connectivity index (χ2n) is 5.54. The number of nitro benzene ring substituents is 1. The monoisotopic (exact) mass is 491 g/mol. The summed E-state index contributed by atoms with van der Waals surface area (Å²) in [5.74, 6) is 1.15. The minimum absolute atomic E-state index is 0.00672. The molecule has 0 aliphatic rings. The Labute approximate surface area is 173 Å². The molecule has 0 fully saturated rings. The van der Waals surface area contributed by atoms with Gasteiger partial charge >= 0.3 is 0 Å². The highest BCUT2D eigenvalue weighted by molar-refractivity contribution is 14.1. The molecule has 9 heteroatoms. The van der Waals surface area contributed by atoms with Crippen molar-refractivity contribution in [1.82, 2.24) is 5.43 Å². The van der Waals surface area contributed by atoms with Gasteiger partial charge in [0.1, 0.15) is 17.3 Å². The van der Waals surface area contributed by atoms with E-state index in [0.29, 0.717) is 22.8 Å². The molecule has 1 N–H and O–H groups in total. The number of hydrogen-bond donors (Lipinski definition) is 1. The molecule has 0 bridgehead atoms. The lowest BCUT2D eigenvalue weighted by atomic mass is 10.1. The molecule has 0 saturated heterocycles. The quantitative estimate of drug-likeness (QED) is 0.233. The fourth-order valence-corrected chi connectivity index (χ4v) is 2.56. The summed E-state index contributed by atoms with van der Waals surface area (Å²) >= 11 is 2.18. The Kier molecular flexibility index (Phi) is 6.37. The van der Waals surface area contributed by atoms with Crippen LogP contribution >= 0.6 is 22.6 Å². The van der Waals surface area contributed by atoms with Gasteiger partial charge in [-0.1, -0.05) is 0 Å². The third-order valence-corrected chi connectivity index (χ3v) is 4.27. The maximum absolute atomic E-state index is 11.8. The molecule has 0 unspecified atom stereocenters. The summed E-state index contributed by atoms with van der Waals surface area (Å²) in [7, 11) is 0. The van der Waals surface area contributed by atoms with Crippen molar-refractivity contribution in [2.75, 3.05) is 6.61 Å². The number of halogens is 1. The van der Waals surface area contributed by atoms with E-state index in [-0.39, 0.29) is 12.3 Å². The zero-order chi connectivity index (χ0) is 19.9. The van der Waals surface area contributed by atoms with Crippen molar-refractivity contribution < 1.29 is 18.9 Å². The van der Waals surface area contributed by atoms with E-state index in [1.165, 1.54) is 18.3 Å². The molecule has 142 valence electrons. The van der Waals surface area contributed by atoms with E-state index in [1.54, 1.807) is 36.4 Å². The number of nitrogens with zero attached hydrogens (tertiary/aromatic N) is 2. The van der Waals surface area contributed by atoms with Crippen LogP contribution in [-0.4, -0.2) is 23.7 Å². The molecule has 3 rings (SSSR count). The van der Waals surface area contributed by atoms with Gasteiger partial charge in [0.2, 0.25) is 0 Å². The topological polar surface area (TPSA) is 107 Å². The van der Waals surface area contributed by atoms with Crippen LogP contribution < -0.4 is 10.2 Å². The molecular formula is C19H14IN3O5. The maximum atomic E-state index is 11.8. The molecule has 3 aromatic rings. The van der Waals surface area contributed by atoms with Gasteiger partial charge in [-0.25, -0.2) is 5.43 Å². The van der Waals surface area contributed by atoms with E-state index < -0.39 is 10.8 Å². The second kappa shape index (κ2) is 9.13. The van der Waals surface area contributed by atoms with Gasteiger partial charge in [0.05, 0.1) is 11.1 Å². The van der Waals surface area contributed by atoms with E-state index in [1.807, 2.05) is 12.1 Å². The molecule has 1 amide bonds. The number of nitrogens with one attached hydrogen (secondary N) is 1. The summed E-state index contributed by atoms with van der Waals surface area (Å²) in [4.78, 5) is 22.0.